The smallest absolute Gasteiger partial charge is 0.254 e. The summed E-state index contributed by atoms with van der Waals surface area (Å²) in [4.78, 5) is 17.2. The van der Waals surface area contributed by atoms with Crippen LogP contribution >= 0.6 is 0 Å². The van der Waals surface area contributed by atoms with Gasteiger partial charge in [-0.1, -0.05) is 35.5 Å². The first-order valence-corrected chi connectivity index (χ1v) is 8.82. The number of aromatic nitrogens is 1. The lowest BCUT2D eigenvalue weighted by Gasteiger charge is -2.39. The summed E-state index contributed by atoms with van der Waals surface area (Å²) < 4.78 is 5.54. The number of nitrogens with two attached hydrogens (primary N) is 1. The highest BCUT2D eigenvalue weighted by atomic mass is 16.5. The Kier molecular flexibility index (Phi) is 4.44. The van der Waals surface area contributed by atoms with Gasteiger partial charge in [-0.25, -0.2) is 0 Å². The van der Waals surface area contributed by atoms with Crippen LogP contribution in [0.15, 0.2) is 53.1 Å². The van der Waals surface area contributed by atoms with Gasteiger partial charge >= 0.3 is 0 Å². The number of hydrogen-bond acceptors (Lipinski definition) is 5. The number of benzene rings is 2. The van der Waals surface area contributed by atoms with Gasteiger partial charge in [-0.3, -0.25) is 4.79 Å². The summed E-state index contributed by atoms with van der Waals surface area (Å²) in [6.45, 7) is 2.80. The Morgan fingerprint density at radius 3 is 2.81 bits per heavy atom. The first-order chi connectivity index (χ1) is 12.7. The van der Waals surface area contributed by atoms with E-state index in [1.165, 1.54) is 0 Å². The normalized spacial score (nSPS) is 18.4. The second-order valence-corrected chi connectivity index (χ2v) is 6.76. The van der Waals surface area contributed by atoms with E-state index in [9.17, 15) is 4.79 Å². The molecular weight excluding hydrogens is 328 g/mol. The Morgan fingerprint density at radius 1 is 1.23 bits per heavy atom. The van der Waals surface area contributed by atoms with Gasteiger partial charge in [0.05, 0.1) is 11.4 Å². The number of piperazine rings is 1. The Balaban J connectivity index is 1.70. The van der Waals surface area contributed by atoms with Crippen molar-refractivity contribution in [3.8, 4) is 11.3 Å². The lowest BCUT2D eigenvalue weighted by Crippen LogP contribution is -2.56. The minimum Gasteiger partial charge on any atom is -0.355 e. The van der Waals surface area contributed by atoms with E-state index in [2.05, 4.69) is 17.1 Å². The van der Waals surface area contributed by atoms with E-state index >= 15 is 0 Å². The average molecular weight is 350 g/mol. The summed E-state index contributed by atoms with van der Waals surface area (Å²) in [7, 11) is 2.06. The van der Waals surface area contributed by atoms with Gasteiger partial charge in [0.1, 0.15) is 5.52 Å². The Bertz CT molecular complexity index is 922. The molecule has 0 unspecified atom stereocenters. The predicted octanol–water partition coefficient (Wildman–Crippen LogP) is 2.21. The highest BCUT2D eigenvalue weighted by molar-refractivity contribution is 6.01. The van der Waals surface area contributed by atoms with Crippen LogP contribution in [0.1, 0.15) is 10.4 Å². The van der Waals surface area contributed by atoms with Crippen LogP contribution in [0.5, 0.6) is 0 Å². The standard InChI is InChI=1S/C20H22N4O2/c1-23-9-10-24(16(12-21)13-23)20(25)15-7-8-18-17(11-15)19(26-22-18)14-5-3-2-4-6-14/h2-8,11,16H,9-10,12-13,21H2,1H3/t16-/m0/s1. The fourth-order valence-corrected chi connectivity index (χ4v) is 3.52. The van der Waals surface area contributed by atoms with Gasteiger partial charge in [0.25, 0.3) is 5.91 Å². The summed E-state index contributed by atoms with van der Waals surface area (Å²) in [5.41, 5.74) is 8.23. The zero-order valence-electron chi connectivity index (χ0n) is 14.8. The first kappa shape index (κ1) is 16.8. The average Bonchev–Trinajstić information content (AvgIpc) is 3.11. The molecule has 0 spiro atoms. The molecule has 1 saturated heterocycles. The predicted molar refractivity (Wildman–Crippen MR) is 101 cm³/mol. The number of carbonyl (C=O) groups excluding carboxylic acids is 1. The lowest BCUT2D eigenvalue weighted by atomic mass is 10.0. The zero-order chi connectivity index (χ0) is 18.1. The molecule has 1 aromatic heterocycles. The van der Waals surface area contributed by atoms with Crippen LogP contribution in [0, 0.1) is 0 Å². The van der Waals surface area contributed by atoms with Gasteiger partial charge in [-0.15, -0.1) is 0 Å². The van der Waals surface area contributed by atoms with E-state index in [4.69, 9.17) is 10.3 Å². The number of carbonyl (C=O) groups is 1. The van der Waals surface area contributed by atoms with E-state index in [1.54, 1.807) is 0 Å². The van der Waals surface area contributed by atoms with Gasteiger partial charge in [-0.05, 0) is 25.2 Å². The molecular formula is C20H22N4O2. The van der Waals surface area contributed by atoms with Gasteiger partial charge < -0.3 is 20.1 Å². The summed E-state index contributed by atoms with van der Waals surface area (Å²) in [5.74, 6) is 0.694. The highest BCUT2D eigenvalue weighted by Gasteiger charge is 2.29. The third-order valence-electron chi connectivity index (χ3n) is 4.98. The molecule has 1 fully saturated rings. The largest absolute Gasteiger partial charge is 0.355 e. The molecule has 6 heteroatoms. The molecule has 0 radical (unpaired) electrons. The molecule has 3 aromatic rings. The molecule has 4 rings (SSSR count). The topological polar surface area (TPSA) is 75.6 Å². The molecule has 134 valence electrons. The molecule has 1 aliphatic heterocycles. The third-order valence-corrected chi connectivity index (χ3v) is 4.98. The molecule has 1 amide bonds. The zero-order valence-corrected chi connectivity index (χ0v) is 14.8. The number of hydrogen-bond donors (Lipinski definition) is 1. The second-order valence-electron chi connectivity index (χ2n) is 6.76. The van der Waals surface area contributed by atoms with Crippen molar-refractivity contribution >= 4 is 16.8 Å². The number of nitrogens with zero attached hydrogens (tertiary/aromatic N) is 3. The fraction of sp³-hybridized carbons (Fsp3) is 0.300. The molecule has 1 atom stereocenters. The van der Waals surface area contributed by atoms with Gasteiger partial charge in [-0.2, -0.15) is 0 Å². The van der Waals surface area contributed by atoms with Crippen LogP contribution in [0.2, 0.25) is 0 Å². The molecule has 0 aliphatic carbocycles. The van der Waals surface area contributed by atoms with Crippen LogP contribution in [0.25, 0.3) is 22.2 Å². The van der Waals surface area contributed by atoms with Gasteiger partial charge in [0.15, 0.2) is 5.76 Å². The van der Waals surface area contributed by atoms with Crippen LogP contribution in [-0.2, 0) is 0 Å². The molecule has 0 bridgehead atoms. The SMILES string of the molecule is CN1CCN(C(=O)c2ccc3noc(-c4ccccc4)c3c2)[C@@H](CN)C1. The minimum absolute atomic E-state index is 0.00987. The third kappa shape index (κ3) is 2.98. The molecule has 1 aliphatic rings. The highest BCUT2D eigenvalue weighted by Crippen LogP contribution is 2.29. The maximum atomic E-state index is 13.1. The maximum absolute atomic E-state index is 13.1. The van der Waals surface area contributed by atoms with Crippen molar-refractivity contribution < 1.29 is 9.32 Å². The van der Waals surface area contributed by atoms with Gasteiger partial charge in [0, 0.05) is 37.3 Å². The second kappa shape index (κ2) is 6.90. The molecule has 26 heavy (non-hydrogen) atoms. The van der Waals surface area contributed by atoms with Crippen LogP contribution in [-0.4, -0.2) is 60.1 Å². The quantitative estimate of drug-likeness (QED) is 0.784. The Labute approximate surface area is 152 Å². The maximum Gasteiger partial charge on any atom is 0.254 e. The van der Waals surface area contributed by atoms with E-state index in [-0.39, 0.29) is 11.9 Å². The van der Waals surface area contributed by atoms with E-state index < -0.39 is 0 Å². The summed E-state index contributed by atoms with van der Waals surface area (Å²) in [6.07, 6.45) is 0. The molecule has 0 saturated carbocycles. The Hall–Kier alpha value is -2.70. The van der Waals surface area contributed by atoms with Crippen molar-refractivity contribution in [3.05, 3.63) is 54.1 Å². The van der Waals surface area contributed by atoms with Crippen molar-refractivity contribution in [1.29, 1.82) is 0 Å². The molecule has 2 aromatic carbocycles. The van der Waals surface area contributed by atoms with Crippen molar-refractivity contribution in [2.75, 3.05) is 33.2 Å². The van der Waals surface area contributed by atoms with Crippen molar-refractivity contribution in [2.45, 2.75) is 6.04 Å². The monoisotopic (exact) mass is 350 g/mol. The first-order valence-electron chi connectivity index (χ1n) is 8.82. The summed E-state index contributed by atoms with van der Waals surface area (Å²) in [6, 6.07) is 15.4. The van der Waals surface area contributed by atoms with E-state index in [1.807, 2.05) is 53.4 Å². The molecule has 2 N–H and O–H groups in total. The van der Waals surface area contributed by atoms with Gasteiger partial charge in [0.2, 0.25) is 0 Å². The molecule has 6 nitrogen and oxygen atoms in total. The number of fused-ring (bicyclic) bond motifs is 1. The Morgan fingerprint density at radius 2 is 2.04 bits per heavy atom. The van der Waals surface area contributed by atoms with Crippen molar-refractivity contribution in [1.82, 2.24) is 15.0 Å². The van der Waals surface area contributed by atoms with Crippen molar-refractivity contribution in [2.24, 2.45) is 5.73 Å². The van der Waals surface area contributed by atoms with E-state index in [0.29, 0.717) is 24.4 Å². The van der Waals surface area contributed by atoms with Crippen LogP contribution in [0.4, 0.5) is 0 Å². The minimum atomic E-state index is 0.00987. The molecule has 2 heterocycles. The fourth-order valence-electron chi connectivity index (χ4n) is 3.52. The number of likely N-dealkylation sites (N-methyl/N-ethyl adjacent to an activating group) is 1. The van der Waals surface area contributed by atoms with Crippen LogP contribution in [0.3, 0.4) is 0 Å². The summed E-state index contributed by atoms with van der Waals surface area (Å²) >= 11 is 0. The van der Waals surface area contributed by atoms with E-state index in [0.717, 1.165) is 29.6 Å². The summed E-state index contributed by atoms with van der Waals surface area (Å²) in [5, 5.41) is 4.97. The van der Waals surface area contributed by atoms with Crippen molar-refractivity contribution in [3.63, 3.8) is 0 Å². The number of amides is 1. The lowest BCUT2D eigenvalue weighted by molar-refractivity contribution is 0.0516. The number of rotatable bonds is 3. The van der Waals surface area contributed by atoms with Crippen LogP contribution < -0.4 is 5.73 Å².